The van der Waals surface area contributed by atoms with Crippen LogP contribution in [0.25, 0.3) is 0 Å². The van der Waals surface area contributed by atoms with Gasteiger partial charge in [0, 0.05) is 63.9 Å². The molecule has 1 N–H and O–H groups in total. The number of benzene rings is 1. The number of fused-ring (bicyclic) bond motifs is 1. The van der Waals surface area contributed by atoms with Crippen LogP contribution in [-0.2, 0) is 29.7 Å². The first-order valence-electron chi connectivity index (χ1n) is 10.4. The molecule has 1 atom stereocenters. The molecule has 1 aromatic heterocycles. The van der Waals surface area contributed by atoms with Crippen LogP contribution in [0.2, 0.25) is 0 Å². The van der Waals surface area contributed by atoms with E-state index in [9.17, 15) is 13.2 Å². The fourth-order valence-corrected chi connectivity index (χ4v) is 5.47. The first-order valence-corrected chi connectivity index (χ1v) is 11.8. The molecule has 10 heteroatoms. The number of hydrogen-bond donors (Lipinski definition) is 1. The van der Waals surface area contributed by atoms with Crippen molar-refractivity contribution in [2.24, 2.45) is 0 Å². The van der Waals surface area contributed by atoms with Gasteiger partial charge in [-0.25, -0.2) is 4.98 Å². The van der Waals surface area contributed by atoms with E-state index in [2.05, 4.69) is 9.88 Å². The van der Waals surface area contributed by atoms with Gasteiger partial charge in [-0.1, -0.05) is 18.2 Å². The highest BCUT2D eigenvalue weighted by Gasteiger charge is 2.35. The van der Waals surface area contributed by atoms with Crippen molar-refractivity contribution >= 4 is 10.2 Å². The second-order valence-electron chi connectivity index (χ2n) is 8.28. The summed E-state index contributed by atoms with van der Waals surface area (Å²) in [7, 11) is 1.25. The summed E-state index contributed by atoms with van der Waals surface area (Å²) in [6, 6.07) is 7.93. The van der Waals surface area contributed by atoms with Crippen LogP contribution < -0.4 is 10.3 Å². The maximum Gasteiger partial charge on any atom is 0.281 e. The first kappa shape index (κ1) is 21.9. The number of ether oxygens (including phenoxy) is 1. The van der Waals surface area contributed by atoms with Gasteiger partial charge in [-0.3, -0.25) is 9.69 Å². The highest BCUT2D eigenvalue weighted by Crippen LogP contribution is 2.28. The predicted octanol–water partition coefficient (Wildman–Crippen LogP) is 0.933. The van der Waals surface area contributed by atoms with Crippen molar-refractivity contribution in [3.8, 4) is 5.75 Å². The van der Waals surface area contributed by atoms with Gasteiger partial charge >= 0.3 is 0 Å². The molecule has 0 aliphatic carbocycles. The number of hydrogen-bond acceptors (Lipinski definition) is 6. The van der Waals surface area contributed by atoms with Crippen LogP contribution in [0, 0.1) is 0 Å². The lowest BCUT2D eigenvalue weighted by molar-refractivity contribution is 0.236. The first-order chi connectivity index (χ1) is 14.8. The quantitative estimate of drug-likeness (QED) is 0.708. The molecular formula is C21H29N5O4S. The molecule has 1 fully saturated rings. The second kappa shape index (κ2) is 8.70. The number of methoxy groups -OCH3 is 1. The SMILES string of the molecule is COc1ccccc1CN1CCc2c(nc([C@H]3CCN(S(=O)(=O)N(C)C)C3)[nH]c2=O)C1. The normalized spacial score (nSPS) is 20.2. The Labute approximate surface area is 182 Å². The molecule has 2 aromatic rings. The zero-order valence-corrected chi connectivity index (χ0v) is 19.0. The summed E-state index contributed by atoms with van der Waals surface area (Å²) >= 11 is 0. The molecule has 2 aliphatic heterocycles. The zero-order chi connectivity index (χ0) is 22.2. The Bertz CT molecular complexity index is 1110. The van der Waals surface area contributed by atoms with Gasteiger partial charge in [-0.15, -0.1) is 0 Å². The molecule has 0 radical (unpaired) electrons. The lowest BCUT2D eigenvalue weighted by atomic mass is 10.0. The fourth-order valence-electron chi connectivity index (χ4n) is 4.31. The Morgan fingerprint density at radius 2 is 2.03 bits per heavy atom. The van der Waals surface area contributed by atoms with Gasteiger partial charge in [-0.2, -0.15) is 17.0 Å². The van der Waals surface area contributed by atoms with Crippen molar-refractivity contribution in [2.75, 3.05) is 40.8 Å². The minimum absolute atomic E-state index is 0.106. The number of aromatic nitrogens is 2. The van der Waals surface area contributed by atoms with Crippen molar-refractivity contribution in [1.29, 1.82) is 0 Å². The minimum Gasteiger partial charge on any atom is -0.496 e. The van der Waals surface area contributed by atoms with E-state index in [1.54, 1.807) is 7.11 Å². The lowest BCUT2D eigenvalue weighted by Crippen LogP contribution is -2.38. The Kier molecular flexibility index (Phi) is 6.16. The second-order valence-corrected chi connectivity index (χ2v) is 10.4. The van der Waals surface area contributed by atoms with Crippen molar-refractivity contribution in [3.63, 3.8) is 0 Å². The van der Waals surface area contributed by atoms with E-state index in [1.807, 2.05) is 24.3 Å². The minimum atomic E-state index is -3.47. The van der Waals surface area contributed by atoms with E-state index >= 15 is 0 Å². The number of para-hydroxylation sites is 1. The van der Waals surface area contributed by atoms with Crippen LogP contribution in [0.5, 0.6) is 5.75 Å². The number of nitrogens with zero attached hydrogens (tertiary/aromatic N) is 4. The number of nitrogens with one attached hydrogen (secondary N) is 1. The molecule has 3 heterocycles. The van der Waals surface area contributed by atoms with Crippen LogP contribution in [0.3, 0.4) is 0 Å². The standard InChI is InChI=1S/C21H29N5O4S/c1-24(2)31(28,29)26-11-8-16(13-26)20-22-18-14-25(10-9-17(18)21(27)23-20)12-15-6-4-5-7-19(15)30-3/h4-7,16H,8-14H2,1-3H3,(H,22,23,27)/t16-/m0/s1. The van der Waals surface area contributed by atoms with Crippen molar-refractivity contribution in [2.45, 2.75) is 31.8 Å². The van der Waals surface area contributed by atoms with E-state index in [-0.39, 0.29) is 11.5 Å². The summed E-state index contributed by atoms with van der Waals surface area (Å²) in [6.07, 6.45) is 1.28. The van der Waals surface area contributed by atoms with Crippen LogP contribution in [0.4, 0.5) is 0 Å². The molecule has 1 saturated heterocycles. The highest BCUT2D eigenvalue weighted by molar-refractivity contribution is 7.86. The summed E-state index contributed by atoms with van der Waals surface area (Å²) < 4.78 is 33.0. The average Bonchev–Trinajstić information content (AvgIpc) is 3.25. The van der Waals surface area contributed by atoms with Gasteiger partial charge in [0.15, 0.2) is 0 Å². The Morgan fingerprint density at radius 1 is 1.26 bits per heavy atom. The van der Waals surface area contributed by atoms with Crippen molar-refractivity contribution < 1.29 is 13.2 Å². The van der Waals surface area contributed by atoms with Crippen molar-refractivity contribution in [3.05, 3.63) is 57.3 Å². The van der Waals surface area contributed by atoms with Crippen molar-refractivity contribution in [1.82, 2.24) is 23.5 Å². The van der Waals surface area contributed by atoms with Gasteiger partial charge in [0.05, 0.1) is 12.8 Å². The molecule has 0 bridgehead atoms. The summed E-state index contributed by atoms with van der Waals surface area (Å²) in [5, 5.41) is 0. The topological polar surface area (TPSA) is 98.8 Å². The third kappa shape index (κ3) is 4.38. The maximum absolute atomic E-state index is 12.7. The smallest absolute Gasteiger partial charge is 0.281 e. The van der Waals surface area contributed by atoms with E-state index in [4.69, 9.17) is 9.72 Å². The van der Waals surface area contributed by atoms with Crippen LogP contribution in [0.15, 0.2) is 29.1 Å². The molecule has 0 unspecified atom stereocenters. The molecule has 168 valence electrons. The fraction of sp³-hybridized carbons (Fsp3) is 0.524. The maximum atomic E-state index is 12.7. The Morgan fingerprint density at radius 3 is 2.77 bits per heavy atom. The molecule has 4 rings (SSSR count). The van der Waals surface area contributed by atoms with E-state index < -0.39 is 10.2 Å². The van der Waals surface area contributed by atoms with Gasteiger partial charge < -0.3 is 9.72 Å². The van der Waals surface area contributed by atoms with Gasteiger partial charge in [0.25, 0.3) is 15.8 Å². The molecule has 2 aliphatic rings. The van der Waals surface area contributed by atoms with Crippen LogP contribution in [0.1, 0.15) is 35.0 Å². The molecule has 0 saturated carbocycles. The summed E-state index contributed by atoms with van der Waals surface area (Å²) in [4.78, 5) is 22.7. The monoisotopic (exact) mass is 447 g/mol. The third-order valence-electron chi connectivity index (χ3n) is 6.08. The lowest BCUT2D eigenvalue weighted by Gasteiger charge is -2.28. The van der Waals surface area contributed by atoms with Gasteiger partial charge in [-0.05, 0) is 18.9 Å². The Balaban J connectivity index is 1.53. The molecule has 1 aromatic carbocycles. The summed E-state index contributed by atoms with van der Waals surface area (Å²) in [6.45, 7) is 2.81. The molecule has 9 nitrogen and oxygen atoms in total. The number of aromatic amines is 1. The van der Waals surface area contributed by atoms with E-state index in [1.165, 1.54) is 22.7 Å². The number of H-pyrrole nitrogens is 1. The molecule has 31 heavy (non-hydrogen) atoms. The summed E-state index contributed by atoms with van der Waals surface area (Å²) in [5.74, 6) is 1.32. The zero-order valence-electron chi connectivity index (χ0n) is 18.2. The summed E-state index contributed by atoms with van der Waals surface area (Å²) in [5.41, 5.74) is 2.51. The van der Waals surface area contributed by atoms with Crippen LogP contribution in [-0.4, -0.2) is 72.7 Å². The van der Waals surface area contributed by atoms with Gasteiger partial charge in [0.2, 0.25) is 0 Å². The average molecular weight is 448 g/mol. The van der Waals surface area contributed by atoms with Gasteiger partial charge in [0.1, 0.15) is 11.6 Å². The van der Waals surface area contributed by atoms with Crippen LogP contribution >= 0.6 is 0 Å². The Hall–Kier alpha value is -2.27. The third-order valence-corrected chi connectivity index (χ3v) is 7.99. The largest absolute Gasteiger partial charge is 0.496 e. The highest BCUT2D eigenvalue weighted by atomic mass is 32.2. The van der Waals surface area contributed by atoms with E-state index in [0.29, 0.717) is 44.8 Å². The van der Waals surface area contributed by atoms with E-state index in [0.717, 1.165) is 29.1 Å². The number of rotatable bonds is 6. The molecule has 0 spiro atoms. The molecule has 0 amide bonds. The molecular weight excluding hydrogens is 418 g/mol. The predicted molar refractivity (Wildman–Crippen MR) is 117 cm³/mol.